The van der Waals surface area contributed by atoms with Crippen LogP contribution in [0.15, 0.2) is 66.9 Å². The third kappa shape index (κ3) is 2.35. The molecule has 2 aromatic carbocycles. The zero-order valence-electron chi connectivity index (χ0n) is 14.3. The fourth-order valence-corrected chi connectivity index (χ4v) is 2.34. The Morgan fingerprint density at radius 3 is 2.55 bits per heavy atom. The van der Waals surface area contributed by atoms with E-state index in [0.29, 0.717) is 11.1 Å². The lowest BCUT2D eigenvalue weighted by molar-refractivity contribution is 1.31. The first kappa shape index (κ1) is 9.49. The largest absolute Gasteiger partial charge is 0.256 e. The van der Waals surface area contributed by atoms with E-state index in [4.69, 9.17) is 4.11 Å². The summed E-state index contributed by atoms with van der Waals surface area (Å²) in [4.78, 5) is 4.49. The maximum Gasteiger partial charge on any atom is 0.0780 e. The molecule has 0 saturated heterocycles. The summed E-state index contributed by atoms with van der Waals surface area (Å²) in [5.41, 5.74) is 4.61. The molecule has 0 fully saturated rings. The highest BCUT2D eigenvalue weighted by molar-refractivity contribution is 5.82. The SMILES string of the molecule is [2H]C([2H])([2H])c1cc(C)ccc1-c1cccnc1-c1ccccc1. The molecule has 0 atom stereocenters. The van der Waals surface area contributed by atoms with E-state index in [9.17, 15) is 0 Å². The van der Waals surface area contributed by atoms with Crippen LogP contribution in [0.2, 0.25) is 0 Å². The zero-order valence-corrected chi connectivity index (χ0v) is 11.3. The standard InChI is InChI=1S/C19H17N/c1-14-10-11-17(15(2)13-14)18-9-6-12-20-19(18)16-7-4-3-5-8-16/h3-13H,1-2H3/i2D3. The topological polar surface area (TPSA) is 12.9 Å². The van der Waals surface area contributed by atoms with Crippen LogP contribution < -0.4 is 0 Å². The third-order valence-corrected chi connectivity index (χ3v) is 3.32. The molecule has 3 aromatic rings. The van der Waals surface area contributed by atoms with Gasteiger partial charge in [0.05, 0.1) is 5.69 Å². The Kier molecular flexibility index (Phi) is 2.51. The molecule has 0 bridgehead atoms. The van der Waals surface area contributed by atoms with E-state index in [-0.39, 0.29) is 0 Å². The molecule has 98 valence electrons. The third-order valence-electron chi connectivity index (χ3n) is 3.32. The Labute approximate surface area is 124 Å². The summed E-state index contributed by atoms with van der Waals surface area (Å²) >= 11 is 0. The van der Waals surface area contributed by atoms with Crippen molar-refractivity contribution >= 4 is 0 Å². The molecule has 3 rings (SSSR count). The molecule has 0 saturated carbocycles. The van der Waals surface area contributed by atoms with Gasteiger partial charge in [0, 0.05) is 21.4 Å². The Morgan fingerprint density at radius 1 is 0.900 bits per heavy atom. The molecule has 0 aliphatic carbocycles. The highest BCUT2D eigenvalue weighted by atomic mass is 14.7. The Hall–Kier alpha value is -2.41. The van der Waals surface area contributed by atoms with E-state index in [2.05, 4.69) is 4.98 Å². The molecule has 1 aromatic heterocycles. The summed E-state index contributed by atoms with van der Waals surface area (Å²) in [6, 6.07) is 19.1. The second-order valence-corrected chi connectivity index (χ2v) is 4.81. The van der Waals surface area contributed by atoms with Gasteiger partial charge in [-0.25, -0.2) is 0 Å². The maximum absolute atomic E-state index is 7.85. The average molecular weight is 262 g/mol. The fraction of sp³-hybridized carbons (Fsp3) is 0.105. The molecule has 0 spiro atoms. The minimum Gasteiger partial charge on any atom is -0.256 e. The second kappa shape index (κ2) is 5.30. The van der Waals surface area contributed by atoms with Crippen molar-refractivity contribution in [2.75, 3.05) is 0 Å². The van der Waals surface area contributed by atoms with Crippen molar-refractivity contribution < 1.29 is 4.11 Å². The number of pyridine rings is 1. The van der Waals surface area contributed by atoms with E-state index >= 15 is 0 Å². The summed E-state index contributed by atoms with van der Waals surface area (Å²) in [5.74, 6) is 0. The first-order valence-electron chi connectivity index (χ1n) is 8.09. The number of hydrogen-bond donors (Lipinski definition) is 0. The highest BCUT2D eigenvalue weighted by Gasteiger charge is 2.10. The molecular formula is C19H17N. The predicted molar refractivity (Wildman–Crippen MR) is 84.6 cm³/mol. The van der Waals surface area contributed by atoms with E-state index in [0.717, 1.165) is 22.4 Å². The number of aryl methyl sites for hydroxylation is 2. The summed E-state index contributed by atoms with van der Waals surface area (Å²) in [7, 11) is 0. The Bertz CT molecular complexity index is 824. The Balaban J connectivity index is 2.26. The van der Waals surface area contributed by atoms with Crippen molar-refractivity contribution in [1.29, 1.82) is 0 Å². The minimum absolute atomic E-state index is 0.364. The van der Waals surface area contributed by atoms with Crippen LogP contribution >= 0.6 is 0 Å². The van der Waals surface area contributed by atoms with Gasteiger partial charge < -0.3 is 0 Å². The molecule has 20 heavy (non-hydrogen) atoms. The van der Waals surface area contributed by atoms with Crippen molar-refractivity contribution in [3.8, 4) is 22.4 Å². The van der Waals surface area contributed by atoms with Gasteiger partial charge in [-0.1, -0.05) is 60.2 Å². The number of rotatable bonds is 2. The van der Waals surface area contributed by atoms with E-state index < -0.39 is 6.85 Å². The van der Waals surface area contributed by atoms with E-state index in [1.165, 1.54) is 0 Å². The van der Waals surface area contributed by atoms with E-state index in [1.54, 1.807) is 12.3 Å². The molecule has 1 heteroatoms. The number of benzene rings is 2. The van der Waals surface area contributed by atoms with Crippen LogP contribution in [0.25, 0.3) is 22.4 Å². The zero-order chi connectivity index (χ0) is 16.4. The van der Waals surface area contributed by atoms with Gasteiger partial charge in [-0.05, 0) is 31.0 Å². The lowest BCUT2D eigenvalue weighted by atomic mass is 9.95. The normalized spacial score (nSPS) is 13.3. The van der Waals surface area contributed by atoms with Crippen LogP contribution in [0.1, 0.15) is 15.2 Å². The van der Waals surface area contributed by atoms with Gasteiger partial charge in [0.2, 0.25) is 0 Å². The summed E-state index contributed by atoms with van der Waals surface area (Å²) in [5, 5.41) is 0. The summed E-state index contributed by atoms with van der Waals surface area (Å²) in [6.45, 7) is -0.258. The van der Waals surface area contributed by atoms with E-state index in [1.807, 2.05) is 61.5 Å². The molecule has 0 aliphatic heterocycles. The van der Waals surface area contributed by atoms with Crippen LogP contribution in [0.3, 0.4) is 0 Å². The van der Waals surface area contributed by atoms with Crippen LogP contribution in [0.4, 0.5) is 0 Å². The van der Waals surface area contributed by atoms with Gasteiger partial charge in [-0.3, -0.25) is 4.98 Å². The molecule has 1 nitrogen and oxygen atoms in total. The molecule has 1 heterocycles. The van der Waals surface area contributed by atoms with Crippen molar-refractivity contribution in [1.82, 2.24) is 4.98 Å². The van der Waals surface area contributed by atoms with Crippen molar-refractivity contribution in [2.24, 2.45) is 0 Å². The van der Waals surface area contributed by atoms with Gasteiger partial charge in [-0.2, -0.15) is 0 Å². The van der Waals surface area contributed by atoms with Gasteiger partial charge in [0.15, 0.2) is 0 Å². The molecule has 0 unspecified atom stereocenters. The monoisotopic (exact) mass is 262 g/mol. The summed E-state index contributed by atoms with van der Waals surface area (Å²) in [6.07, 6.45) is 1.73. The predicted octanol–water partition coefficient (Wildman–Crippen LogP) is 5.03. The van der Waals surface area contributed by atoms with Crippen molar-refractivity contribution in [3.63, 3.8) is 0 Å². The molecule has 0 aliphatic rings. The van der Waals surface area contributed by atoms with Crippen LogP contribution in [0, 0.1) is 13.8 Å². The molecule has 0 radical (unpaired) electrons. The van der Waals surface area contributed by atoms with Gasteiger partial charge in [0.25, 0.3) is 0 Å². The first-order chi connectivity index (χ1) is 11.0. The van der Waals surface area contributed by atoms with Crippen molar-refractivity contribution in [3.05, 3.63) is 78.0 Å². The quantitative estimate of drug-likeness (QED) is 0.631. The Morgan fingerprint density at radius 2 is 1.75 bits per heavy atom. The summed E-state index contributed by atoms with van der Waals surface area (Å²) < 4.78 is 23.5. The minimum atomic E-state index is -2.16. The van der Waals surface area contributed by atoms with Crippen LogP contribution in [-0.2, 0) is 0 Å². The van der Waals surface area contributed by atoms with Crippen LogP contribution in [-0.4, -0.2) is 4.98 Å². The molecular weight excluding hydrogens is 242 g/mol. The first-order valence-corrected chi connectivity index (χ1v) is 6.59. The van der Waals surface area contributed by atoms with Gasteiger partial charge in [-0.15, -0.1) is 0 Å². The molecule has 0 amide bonds. The maximum atomic E-state index is 7.85. The number of nitrogens with zero attached hydrogens (tertiary/aromatic N) is 1. The van der Waals surface area contributed by atoms with Gasteiger partial charge in [0.1, 0.15) is 0 Å². The second-order valence-electron chi connectivity index (χ2n) is 4.81. The lowest BCUT2D eigenvalue weighted by Crippen LogP contribution is -1.91. The van der Waals surface area contributed by atoms with Crippen LogP contribution in [0.5, 0.6) is 0 Å². The highest BCUT2D eigenvalue weighted by Crippen LogP contribution is 2.32. The lowest BCUT2D eigenvalue weighted by Gasteiger charge is -2.12. The fourth-order valence-electron chi connectivity index (χ4n) is 2.34. The van der Waals surface area contributed by atoms with Crippen molar-refractivity contribution in [2.45, 2.75) is 13.8 Å². The average Bonchev–Trinajstić information content (AvgIpc) is 2.55. The van der Waals surface area contributed by atoms with Gasteiger partial charge >= 0.3 is 0 Å². The number of aromatic nitrogens is 1. The smallest absolute Gasteiger partial charge is 0.0780 e. The number of hydrogen-bond acceptors (Lipinski definition) is 1. The molecule has 0 N–H and O–H groups in total.